The molecule has 0 bridgehead atoms. The zero-order valence-corrected chi connectivity index (χ0v) is 12.6. The van der Waals surface area contributed by atoms with E-state index in [0.29, 0.717) is 6.04 Å². The Kier molecular flexibility index (Phi) is 4.62. The minimum atomic E-state index is 0.532. The molecule has 2 saturated heterocycles. The Morgan fingerprint density at radius 3 is 2.71 bits per heavy atom. The lowest BCUT2D eigenvalue weighted by Gasteiger charge is -2.32. The second kappa shape index (κ2) is 6.82. The van der Waals surface area contributed by atoms with Gasteiger partial charge in [0.25, 0.3) is 0 Å². The molecule has 4 nitrogen and oxygen atoms in total. The summed E-state index contributed by atoms with van der Waals surface area (Å²) in [6.07, 6.45) is 12.1. The van der Waals surface area contributed by atoms with Crippen molar-refractivity contribution in [2.75, 3.05) is 42.9 Å². The van der Waals surface area contributed by atoms with Crippen LogP contribution in [0.3, 0.4) is 0 Å². The molecule has 0 aromatic carbocycles. The lowest BCUT2D eigenvalue weighted by molar-refractivity contribution is 0.243. The Hall–Kier alpha value is -1.73. The number of terminal acetylenes is 1. The molecule has 2 aliphatic rings. The van der Waals surface area contributed by atoms with E-state index >= 15 is 0 Å². The van der Waals surface area contributed by atoms with Gasteiger partial charge in [-0.15, -0.1) is 6.42 Å². The van der Waals surface area contributed by atoms with E-state index in [2.05, 4.69) is 32.1 Å². The smallest absolute Gasteiger partial charge is 0.151 e. The van der Waals surface area contributed by atoms with Gasteiger partial charge in [0.05, 0.1) is 12.2 Å². The van der Waals surface area contributed by atoms with Crippen LogP contribution in [0.4, 0.5) is 11.5 Å². The van der Waals surface area contributed by atoms with Gasteiger partial charge < -0.3 is 10.2 Å². The van der Waals surface area contributed by atoms with Crippen LogP contribution in [0.5, 0.6) is 0 Å². The molecule has 0 saturated carbocycles. The van der Waals surface area contributed by atoms with Crippen LogP contribution < -0.4 is 10.2 Å². The Balaban J connectivity index is 1.62. The highest BCUT2D eigenvalue weighted by atomic mass is 15.2. The van der Waals surface area contributed by atoms with E-state index in [-0.39, 0.29) is 0 Å². The summed E-state index contributed by atoms with van der Waals surface area (Å²) in [4.78, 5) is 9.35. The normalized spacial score (nSPS) is 20.4. The number of nitrogens with one attached hydrogen (secondary N) is 1. The predicted molar refractivity (Wildman–Crippen MR) is 87.6 cm³/mol. The number of hydrogen-bond donors (Lipinski definition) is 1. The van der Waals surface area contributed by atoms with Crippen molar-refractivity contribution in [1.82, 2.24) is 9.88 Å². The van der Waals surface area contributed by atoms with Gasteiger partial charge >= 0.3 is 0 Å². The van der Waals surface area contributed by atoms with Crippen molar-refractivity contribution < 1.29 is 0 Å². The standard InChI is InChI=1S/C17H24N4/c1-2-10-20-13-7-15(8-14-20)19-16-6-5-9-18-17(16)21-11-3-4-12-21/h1,5-6,9,15,19H,3-4,7-8,10-14H2. The molecule has 1 N–H and O–H groups in total. The fourth-order valence-electron chi connectivity index (χ4n) is 3.27. The molecular formula is C17H24N4. The second-order valence-corrected chi connectivity index (χ2v) is 5.97. The van der Waals surface area contributed by atoms with Crippen LogP contribution >= 0.6 is 0 Å². The van der Waals surface area contributed by atoms with E-state index in [9.17, 15) is 0 Å². The summed E-state index contributed by atoms with van der Waals surface area (Å²) < 4.78 is 0. The highest BCUT2D eigenvalue weighted by Gasteiger charge is 2.21. The van der Waals surface area contributed by atoms with Crippen LogP contribution in [0.1, 0.15) is 25.7 Å². The largest absolute Gasteiger partial charge is 0.379 e. The molecule has 3 heterocycles. The maximum Gasteiger partial charge on any atom is 0.151 e. The van der Waals surface area contributed by atoms with E-state index < -0.39 is 0 Å². The highest BCUT2D eigenvalue weighted by molar-refractivity contribution is 5.66. The van der Waals surface area contributed by atoms with Crippen LogP contribution in [-0.2, 0) is 0 Å². The Morgan fingerprint density at radius 2 is 2.00 bits per heavy atom. The number of anilines is 2. The number of rotatable bonds is 4. The third-order valence-electron chi connectivity index (χ3n) is 4.45. The minimum absolute atomic E-state index is 0.532. The third kappa shape index (κ3) is 3.48. The maximum absolute atomic E-state index is 5.39. The fraction of sp³-hybridized carbons (Fsp3) is 0.588. The van der Waals surface area contributed by atoms with Crippen molar-refractivity contribution >= 4 is 11.5 Å². The summed E-state index contributed by atoms with van der Waals surface area (Å²) in [5.41, 5.74) is 1.19. The number of aromatic nitrogens is 1. The Morgan fingerprint density at radius 1 is 1.24 bits per heavy atom. The predicted octanol–water partition coefficient (Wildman–Crippen LogP) is 2.19. The van der Waals surface area contributed by atoms with Gasteiger partial charge in [-0.2, -0.15) is 0 Å². The monoisotopic (exact) mass is 284 g/mol. The van der Waals surface area contributed by atoms with Gasteiger partial charge in [-0.1, -0.05) is 5.92 Å². The number of nitrogens with zero attached hydrogens (tertiary/aromatic N) is 3. The second-order valence-electron chi connectivity index (χ2n) is 5.97. The lowest BCUT2D eigenvalue weighted by Crippen LogP contribution is -2.39. The molecule has 2 aliphatic heterocycles. The molecule has 1 aromatic rings. The zero-order valence-electron chi connectivity index (χ0n) is 12.6. The Bertz CT molecular complexity index is 494. The van der Waals surface area contributed by atoms with Gasteiger partial charge in [0.1, 0.15) is 0 Å². The molecule has 0 unspecified atom stereocenters. The first-order chi connectivity index (χ1) is 10.4. The van der Waals surface area contributed by atoms with Crippen LogP contribution in [0.2, 0.25) is 0 Å². The summed E-state index contributed by atoms with van der Waals surface area (Å²) >= 11 is 0. The molecule has 3 rings (SSSR count). The van der Waals surface area contributed by atoms with Gasteiger partial charge in [0, 0.05) is 38.4 Å². The number of hydrogen-bond acceptors (Lipinski definition) is 4. The van der Waals surface area contributed by atoms with Crippen molar-refractivity contribution in [3.8, 4) is 12.3 Å². The molecule has 0 atom stereocenters. The average molecular weight is 284 g/mol. The van der Waals surface area contributed by atoms with E-state index in [1.807, 2.05) is 12.3 Å². The molecular weight excluding hydrogens is 260 g/mol. The topological polar surface area (TPSA) is 31.4 Å². The van der Waals surface area contributed by atoms with E-state index in [4.69, 9.17) is 6.42 Å². The Labute approximate surface area is 127 Å². The average Bonchev–Trinajstić information content (AvgIpc) is 3.04. The van der Waals surface area contributed by atoms with Crippen LogP contribution in [0, 0.1) is 12.3 Å². The van der Waals surface area contributed by atoms with Crippen LogP contribution in [0.25, 0.3) is 0 Å². The summed E-state index contributed by atoms with van der Waals surface area (Å²) in [7, 11) is 0. The molecule has 0 amide bonds. The summed E-state index contributed by atoms with van der Waals surface area (Å²) in [5.74, 6) is 3.86. The van der Waals surface area contributed by atoms with Crippen molar-refractivity contribution in [2.24, 2.45) is 0 Å². The molecule has 2 fully saturated rings. The summed E-state index contributed by atoms with van der Waals surface area (Å²) in [6.45, 7) is 5.21. The van der Waals surface area contributed by atoms with Gasteiger partial charge in [-0.3, -0.25) is 4.90 Å². The van der Waals surface area contributed by atoms with Crippen molar-refractivity contribution in [3.05, 3.63) is 18.3 Å². The lowest BCUT2D eigenvalue weighted by atomic mass is 10.0. The number of pyridine rings is 1. The zero-order chi connectivity index (χ0) is 14.5. The van der Waals surface area contributed by atoms with Crippen LogP contribution in [-0.4, -0.2) is 48.6 Å². The molecule has 112 valence electrons. The fourth-order valence-corrected chi connectivity index (χ4v) is 3.27. The van der Waals surface area contributed by atoms with Crippen LogP contribution in [0.15, 0.2) is 18.3 Å². The molecule has 0 aliphatic carbocycles. The number of likely N-dealkylation sites (tertiary alicyclic amines) is 1. The van der Waals surface area contributed by atoms with Gasteiger partial charge in [-0.25, -0.2) is 4.98 Å². The first-order valence-corrected chi connectivity index (χ1v) is 7.99. The first kappa shape index (κ1) is 14.2. The summed E-state index contributed by atoms with van der Waals surface area (Å²) in [6, 6.07) is 4.72. The van der Waals surface area contributed by atoms with E-state index in [0.717, 1.165) is 51.4 Å². The quantitative estimate of drug-likeness (QED) is 0.859. The third-order valence-corrected chi connectivity index (χ3v) is 4.45. The minimum Gasteiger partial charge on any atom is -0.379 e. The summed E-state index contributed by atoms with van der Waals surface area (Å²) in [5, 5.41) is 3.71. The molecule has 0 radical (unpaired) electrons. The van der Waals surface area contributed by atoms with Crippen molar-refractivity contribution in [2.45, 2.75) is 31.7 Å². The highest BCUT2D eigenvalue weighted by Crippen LogP contribution is 2.28. The molecule has 1 aromatic heterocycles. The SMILES string of the molecule is C#CCN1CCC(Nc2cccnc2N2CCCC2)CC1. The van der Waals surface area contributed by atoms with Gasteiger partial charge in [-0.05, 0) is 37.8 Å². The maximum atomic E-state index is 5.39. The van der Waals surface area contributed by atoms with E-state index in [1.54, 1.807) is 0 Å². The van der Waals surface area contributed by atoms with Crippen molar-refractivity contribution in [1.29, 1.82) is 0 Å². The van der Waals surface area contributed by atoms with E-state index in [1.165, 1.54) is 18.5 Å². The molecule has 21 heavy (non-hydrogen) atoms. The van der Waals surface area contributed by atoms with Gasteiger partial charge in [0.15, 0.2) is 5.82 Å². The molecule has 4 heteroatoms. The number of piperidine rings is 1. The van der Waals surface area contributed by atoms with Gasteiger partial charge in [0.2, 0.25) is 0 Å². The first-order valence-electron chi connectivity index (χ1n) is 7.99. The van der Waals surface area contributed by atoms with Crippen molar-refractivity contribution in [3.63, 3.8) is 0 Å². The molecule has 0 spiro atoms.